The maximum atomic E-state index is 3.66. The summed E-state index contributed by atoms with van der Waals surface area (Å²) in [6, 6.07) is 8.07. The van der Waals surface area contributed by atoms with E-state index >= 15 is 0 Å². The predicted octanol–water partition coefficient (Wildman–Crippen LogP) is 4.33. The molecule has 0 unspecified atom stereocenters. The highest BCUT2D eigenvalue weighted by atomic mass is 13.9. The summed E-state index contributed by atoms with van der Waals surface area (Å²) in [5.74, 6) is 0. The zero-order valence-electron chi connectivity index (χ0n) is 8.45. The second-order valence-corrected chi connectivity index (χ2v) is 2.55. The summed E-state index contributed by atoms with van der Waals surface area (Å²) in [4.78, 5) is 0. The molecule has 0 aliphatic rings. The molecular weight excluding hydrogens is 168 g/mol. The predicted molar refractivity (Wildman–Crippen MR) is 67.0 cm³/mol. The van der Waals surface area contributed by atoms with E-state index in [0.717, 1.165) is 11.1 Å². The van der Waals surface area contributed by atoms with Gasteiger partial charge < -0.3 is 0 Å². The highest BCUT2D eigenvalue weighted by molar-refractivity contribution is 5.53. The molecule has 0 aliphatic carbocycles. The van der Waals surface area contributed by atoms with Gasteiger partial charge in [-0.1, -0.05) is 74.9 Å². The first kappa shape index (κ1) is 12.2. The molecule has 0 atom stereocenters. The van der Waals surface area contributed by atoms with Crippen LogP contribution in [0.1, 0.15) is 11.1 Å². The van der Waals surface area contributed by atoms with Gasteiger partial charge in [-0.15, -0.1) is 0 Å². The summed E-state index contributed by atoms with van der Waals surface area (Å²) in [5, 5.41) is 0. The van der Waals surface area contributed by atoms with Gasteiger partial charge in [0.15, 0.2) is 0 Å². The van der Waals surface area contributed by atoms with Gasteiger partial charge in [0, 0.05) is 0 Å². The first-order chi connectivity index (χ1) is 6.78. The minimum Gasteiger partial charge on any atom is -0.0991 e. The summed E-state index contributed by atoms with van der Waals surface area (Å²) in [6.45, 7) is 14.0. The molecule has 0 radical (unpaired) electrons. The largest absolute Gasteiger partial charge is 0.0991 e. The van der Waals surface area contributed by atoms with Crippen LogP contribution in [0.4, 0.5) is 0 Å². The van der Waals surface area contributed by atoms with Crippen molar-refractivity contribution in [1.82, 2.24) is 0 Å². The van der Waals surface area contributed by atoms with Crippen molar-refractivity contribution in [1.29, 1.82) is 0 Å². The highest BCUT2D eigenvalue weighted by Gasteiger charge is 1.84. The highest BCUT2D eigenvalue weighted by Crippen LogP contribution is 2.05. The lowest BCUT2D eigenvalue weighted by atomic mass is 10.1. The maximum Gasteiger partial charge on any atom is -0.0262 e. The molecule has 0 saturated heterocycles. The third-order valence-corrected chi connectivity index (χ3v) is 1.57. The second kappa shape index (κ2) is 7.81. The standard InChI is InChI=1S/C10H10.C4H6/c1-3-9-5-7-10(4-2)8-6-9;1-3-4-2/h3-8H,1-2H2;3-4H,1-2H2. The van der Waals surface area contributed by atoms with Gasteiger partial charge in [-0.2, -0.15) is 0 Å². The molecule has 0 saturated carbocycles. The molecular formula is C14H16. The Kier molecular flexibility index (Phi) is 6.79. The first-order valence-electron chi connectivity index (χ1n) is 4.37. The van der Waals surface area contributed by atoms with Gasteiger partial charge in [0.05, 0.1) is 0 Å². The Balaban J connectivity index is 0.000000364. The van der Waals surface area contributed by atoms with Crippen molar-refractivity contribution in [3.05, 3.63) is 73.9 Å². The molecule has 0 fully saturated rings. The van der Waals surface area contributed by atoms with Crippen LogP contribution in [0.25, 0.3) is 12.2 Å². The van der Waals surface area contributed by atoms with Crippen molar-refractivity contribution in [2.45, 2.75) is 0 Å². The van der Waals surface area contributed by atoms with Crippen molar-refractivity contribution >= 4 is 12.2 Å². The topological polar surface area (TPSA) is 0 Å². The zero-order chi connectivity index (χ0) is 10.8. The quantitative estimate of drug-likeness (QED) is 0.613. The molecule has 0 amide bonds. The van der Waals surface area contributed by atoms with E-state index in [1.54, 1.807) is 12.2 Å². The Labute approximate surface area is 86.6 Å². The van der Waals surface area contributed by atoms with Crippen LogP contribution >= 0.6 is 0 Å². The fraction of sp³-hybridized carbons (Fsp3) is 0. The number of rotatable bonds is 3. The fourth-order valence-corrected chi connectivity index (χ4v) is 0.768. The van der Waals surface area contributed by atoms with Crippen molar-refractivity contribution in [2.75, 3.05) is 0 Å². The molecule has 0 bridgehead atoms. The Morgan fingerprint density at radius 2 is 0.929 bits per heavy atom. The van der Waals surface area contributed by atoms with E-state index in [0.29, 0.717) is 0 Å². The van der Waals surface area contributed by atoms with E-state index < -0.39 is 0 Å². The summed E-state index contributed by atoms with van der Waals surface area (Å²) >= 11 is 0. The summed E-state index contributed by atoms with van der Waals surface area (Å²) in [6.07, 6.45) is 6.93. The minimum atomic E-state index is 1.14. The van der Waals surface area contributed by atoms with Gasteiger partial charge in [-0.25, -0.2) is 0 Å². The van der Waals surface area contributed by atoms with Gasteiger partial charge in [0.1, 0.15) is 0 Å². The monoisotopic (exact) mass is 184 g/mol. The average molecular weight is 184 g/mol. The van der Waals surface area contributed by atoms with Crippen LogP contribution in [-0.2, 0) is 0 Å². The van der Waals surface area contributed by atoms with Gasteiger partial charge in [-0.3, -0.25) is 0 Å². The molecule has 0 spiro atoms. The second-order valence-electron chi connectivity index (χ2n) is 2.55. The summed E-state index contributed by atoms with van der Waals surface area (Å²) < 4.78 is 0. The van der Waals surface area contributed by atoms with Crippen molar-refractivity contribution in [2.24, 2.45) is 0 Å². The lowest BCUT2D eigenvalue weighted by Gasteiger charge is -1.92. The van der Waals surface area contributed by atoms with E-state index in [-0.39, 0.29) is 0 Å². The van der Waals surface area contributed by atoms with Crippen molar-refractivity contribution in [3.8, 4) is 0 Å². The Hall–Kier alpha value is -1.82. The fourth-order valence-electron chi connectivity index (χ4n) is 0.768. The molecule has 0 heterocycles. The summed E-state index contributed by atoms with van der Waals surface area (Å²) in [5.41, 5.74) is 2.29. The van der Waals surface area contributed by atoms with Crippen LogP contribution in [0.2, 0.25) is 0 Å². The van der Waals surface area contributed by atoms with Crippen LogP contribution in [-0.4, -0.2) is 0 Å². The third-order valence-electron chi connectivity index (χ3n) is 1.57. The first-order valence-corrected chi connectivity index (χ1v) is 4.37. The van der Waals surface area contributed by atoms with Gasteiger partial charge in [0.25, 0.3) is 0 Å². The molecule has 0 nitrogen and oxygen atoms in total. The van der Waals surface area contributed by atoms with E-state index in [1.165, 1.54) is 0 Å². The Morgan fingerprint density at radius 1 is 0.643 bits per heavy atom. The summed E-state index contributed by atoms with van der Waals surface area (Å²) in [7, 11) is 0. The zero-order valence-corrected chi connectivity index (χ0v) is 8.45. The van der Waals surface area contributed by atoms with E-state index in [2.05, 4.69) is 26.3 Å². The molecule has 72 valence electrons. The van der Waals surface area contributed by atoms with Crippen LogP contribution < -0.4 is 0 Å². The minimum absolute atomic E-state index is 1.14. The Bertz CT molecular complexity index is 268. The smallest absolute Gasteiger partial charge is 0.0262 e. The Morgan fingerprint density at radius 3 is 1.07 bits per heavy atom. The van der Waals surface area contributed by atoms with Gasteiger partial charge in [0.2, 0.25) is 0 Å². The van der Waals surface area contributed by atoms with Crippen molar-refractivity contribution in [3.63, 3.8) is 0 Å². The number of allylic oxidation sites excluding steroid dienone is 2. The van der Waals surface area contributed by atoms with Crippen molar-refractivity contribution < 1.29 is 0 Å². The molecule has 1 aromatic rings. The van der Waals surface area contributed by atoms with Gasteiger partial charge >= 0.3 is 0 Å². The lowest BCUT2D eigenvalue weighted by molar-refractivity contribution is 1.63. The van der Waals surface area contributed by atoms with Gasteiger partial charge in [-0.05, 0) is 11.1 Å². The van der Waals surface area contributed by atoms with Crippen LogP contribution in [0.5, 0.6) is 0 Å². The molecule has 14 heavy (non-hydrogen) atoms. The lowest BCUT2D eigenvalue weighted by Crippen LogP contribution is -1.71. The molecule has 1 aromatic carbocycles. The molecule has 1 rings (SSSR count). The molecule has 0 N–H and O–H groups in total. The van der Waals surface area contributed by atoms with Crippen LogP contribution in [0.15, 0.2) is 62.7 Å². The van der Waals surface area contributed by atoms with E-state index in [4.69, 9.17) is 0 Å². The number of hydrogen-bond donors (Lipinski definition) is 0. The normalized spacial score (nSPS) is 7.71. The number of hydrogen-bond acceptors (Lipinski definition) is 0. The average Bonchev–Trinajstić information content (AvgIpc) is 2.29. The molecule has 0 aliphatic heterocycles. The molecule has 0 aromatic heterocycles. The van der Waals surface area contributed by atoms with E-state index in [1.807, 2.05) is 36.4 Å². The SMILES string of the molecule is C=CC=C.C=Cc1ccc(C=C)cc1. The third kappa shape index (κ3) is 4.94. The van der Waals surface area contributed by atoms with Crippen LogP contribution in [0, 0.1) is 0 Å². The number of benzene rings is 1. The van der Waals surface area contributed by atoms with E-state index in [9.17, 15) is 0 Å². The molecule has 0 heteroatoms. The van der Waals surface area contributed by atoms with Crippen LogP contribution in [0.3, 0.4) is 0 Å². The maximum absolute atomic E-state index is 3.66.